The molecule has 2 N–H and O–H groups in total. The number of hydrogen-bond acceptors (Lipinski definition) is 4. The zero-order valence-electron chi connectivity index (χ0n) is 16.3. The normalized spacial score (nSPS) is 19.7. The van der Waals surface area contributed by atoms with Crippen molar-refractivity contribution >= 4 is 23.0 Å². The quantitative estimate of drug-likeness (QED) is 0.360. The van der Waals surface area contributed by atoms with Crippen LogP contribution in [-0.4, -0.2) is 43.0 Å². The van der Waals surface area contributed by atoms with Crippen molar-refractivity contribution in [1.29, 1.82) is 0 Å². The van der Waals surface area contributed by atoms with Gasteiger partial charge in [-0.15, -0.1) is 11.3 Å². The Balaban J connectivity index is 0.00000280. The van der Waals surface area contributed by atoms with Crippen LogP contribution < -0.4 is 17.3 Å². The molecule has 3 rings (SSSR count). The highest BCUT2D eigenvalue weighted by Gasteiger charge is 2.28. The van der Waals surface area contributed by atoms with Crippen molar-refractivity contribution in [1.82, 2.24) is 0 Å². The second-order valence-corrected chi connectivity index (χ2v) is 8.07. The third-order valence-electron chi connectivity index (χ3n) is 5.15. The zero-order valence-corrected chi connectivity index (χ0v) is 17.9. The van der Waals surface area contributed by atoms with Crippen LogP contribution in [0.4, 0.5) is 0 Å². The Kier molecular flexibility index (Phi) is 8.48. The van der Waals surface area contributed by atoms with Crippen molar-refractivity contribution in [2.75, 3.05) is 26.2 Å². The van der Waals surface area contributed by atoms with Crippen LogP contribution in [0.2, 0.25) is 0 Å². The maximum Gasteiger partial charge on any atom is 0.312 e. The largest absolute Gasteiger partial charge is 1.00 e. The highest BCUT2D eigenvalue weighted by molar-refractivity contribution is 7.12. The van der Waals surface area contributed by atoms with Crippen molar-refractivity contribution in [3.05, 3.63) is 57.3 Å². The number of hydrogen-bond donors (Lipinski definition) is 2. The van der Waals surface area contributed by atoms with Gasteiger partial charge in [0.2, 0.25) is 0 Å². The Morgan fingerprint density at radius 2 is 2.07 bits per heavy atom. The molecule has 1 saturated heterocycles. The molecular formula is C21H27ClN2O3S. The average Bonchev–Trinajstić information content (AvgIpc) is 3.09. The zero-order chi connectivity index (χ0) is 19.2. The number of rotatable bonds is 7. The smallest absolute Gasteiger partial charge is 0.312 e. The van der Waals surface area contributed by atoms with Gasteiger partial charge in [0.15, 0.2) is 6.61 Å². The molecule has 5 nitrogen and oxygen atoms in total. The number of carboxylic acid groups (broad SMARTS) is 1. The minimum Gasteiger partial charge on any atom is -1.00 e. The van der Waals surface area contributed by atoms with Gasteiger partial charge in [-0.3, -0.25) is 4.79 Å². The number of nitrogens with zero attached hydrogens (tertiary/aromatic N) is 1. The van der Waals surface area contributed by atoms with Gasteiger partial charge in [0, 0.05) is 5.56 Å². The third kappa shape index (κ3) is 5.56. The predicted molar refractivity (Wildman–Crippen MR) is 108 cm³/mol. The fraction of sp³-hybridized carbons (Fsp3) is 0.429. The minimum atomic E-state index is -0.679. The molecule has 1 unspecified atom stereocenters. The van der Waals surface area contributed by atoms with Gasteiger partial charge >= 0.3 is 5.97 Å². The van der Waals surface area contributed by atoms with E-state index in [4.69, 9.17) is 4.84 Å². The standard InChI is InChI=1S/C21H26N2O3S.ClH/c1-15-6-3-4-8-18(15)19(20-16(2)9-13-27-20)22-26-12-11-23-10-5-7-17(14-23)21(24)25;/h3-4,6,8-9,13,17H,5,7,10-12,14H2,1-2H3,(H,24,25);1H/b22-19-;/t17-;/m1./s1. The maximum absolute atomic E-state index is 11.2. The van der Waals surface area contributed by atoms with Crippen molar-refractivity contribution < 1.29 is 32.0 Å². The molecule has 0 saturated carbocycles. The summed E-state index contributed by atoms with van der Waals surface area (Å²) in [5.41, 5.74) is 4.31. The van der Waals surface area contributed by atoms with Crippen LogP contribution in [0.3, 0.4) is 0 Å². The van der Waals surface area contributed by atoms with Gasteiger partial charge in [0.1, 0.15) is 18.2 Å². The van der Waals surface area contributed by atoms with Gasteiger partial charge < -0.3 is 27.3 Å². The number of oxime groups is 1. The van der Waals surface area contributed by atoms with Gasteiger partial charge in [-0.25, -0.2) is 0 Å². The van der Waals surface area contributed by atoms with Crippen molar-refractivity contribution in [2.24, 2.45) is 11.1 Å². The van der Waals surface area contributed by atoms with E-state index in [1.54, 1.807) is 11.3 Å². The molecule has 0 bridgehead atoms. The predicted octanol–water partition coefficient (Wildman–Crippen LogP) is -0.483. The first-order valence-electron chi connectivity index (χ1n) is 9.43. The number of aryl methyl sites for hydroxylation is 2. The van der Waals surface area contributed by atoms with E-state index in [-0.39, 0.29) is 18.3 Å². The summed E-state index contributed by atoms with van der Waals surface area (Å²) in [5, 5.41) is 15.8. The highest BCUT2D eigenvalue weighted by atomic mass is 35.5. The summed E-state index contributed by atoms with van der Waals surface area (Å²) in [6.07, 6.45) is 1.74. The van der Waals surface area contributed by atoms with E-state index >= 15 is 0 Å². The number of aliphatic carboxylic acids is 1. The summed E-state index contributed by atoms with van der Waals surface area (Å²) in [6.45, 7) is 7.11. The summed E-state index contributed by atoms with van der Waals surface area (Å²) in [5.74, 6) is -0.908. The van der Waals surface area contributed by atoms with Gasteiger partial charge in [0.25, 0.3) is 0 Å². The van der Waals surface area contributed by atoms with E-state index in [0.717, 1.165) is 42.1 Å². The molecule has 0 amide bonds. The molecule has 0 spiro atoms. The molecule has 1 aliphatic rings. The molecule has 1 fully saturated rings. The van der Waals surface area contributed by atoms with E-state index in [2.05, 4.69) is 42.6 Å². The van der Waals surface area contributed by atoms with Crippen molar-refractivity contribution in [2.45, 2.75) is 26.7 Å². The summed E-state index contributed by atoms with van der Waals surface area (Å²) >= 11 is 1.67. The molecule has 7 heteroatoms. The van der Waals surface area contributed by atoms with Crippen LogP contribution in [0.15, 0.2) is 40.9 Å². The van der Waals surface area contributed by atoms with Crippen molar-refractivity contribution in [3.63, 3.8) is 0 Å². The fourth-order valence-electron chi connectivity index (χ4n) is 3.56. The van der Waals surface area contributed by atoms with Gasteiger partial charge in [-0.05, 0) is 49.3 Å². The first kappa shape index (κ1) is 22.4. The highest BCUT2D eigenvalue weighted by Crippen LogP contribution is 2.23. The summed E-state index contributed by atoms with van der Waals surface area (Å²) in [7, 11) is 0. The Bertz CT molecular complexity index is 821. The number of benzene rings is 1. The fourth-order valence-corrected chi connectivity index (χ4v) is 4.48. The van der Waals surface area contributed by atoms with Crippen molar-refractivity contribution in [3.8, 4) is 0 Å². The SMILES string of the molecule is Cc1ccccc1/C(=N/OCC[NH+]1CCC[C@@H](C(=O)O)C1)c1sccc1C.[Cl-]. The van der Waals surface area contributed by atoms with Crippen LogP contribution in [0.1, 0.15) is 34.4 Å². The number of nitrogens with one attached hydrogen (secondary N) is 1. The molecule has 28 heavy (non-hydrogen) atoms. The van der Waals surface area contributed by atoms with Gasteiger partial charge in [-0.1, -0.05) is 29.4 Å². The first-order chi connectivity index (χ1) is 13.1. The molecule has 1 aromatic carbocycles. The number of likely N-dealkylation sites (tertiary alicyclic amines) is 1. The second kappa shape index (κ2) is 10.6. The van der Waals surface area contributed by atoms with Gasteiger partial charge in [0.05, 0.1) is 18.0 Å². The number of halogens is 1. The van der Waals surface area contributed by atoms with Crippen LogP contribution in [0, 0.1) is 19.8 Å². The number of carbonyl (C=O) groups is 1. The lowest BCUT2D eigenvalue weighted by molar-refractivity contribution is -0.907. The third-order valence-corrected chi connectivity index (χ3v) is 6.17. The Labute approximate surface area is 176 Å². The molecule has 1 aliphatic heterocycles. The minimum absolute atomic E-state index is 0. The molecular weight excluding hydrogens is 396 g/mol. The topological polar surface area (TPSA) is 63.3 Å². The van der Waals surface area contributed by atoms with E-state index in [0.29, 0.717) is 13.2 Å². The number of carboxylic acids is 1. The molecule has 2 heterocycles. The number of piperidine rings is 1. The summed E-state index contributed by atoms with van der Waals surface area (Å²) in [4.78, 5) is 19.3. The molecule has 0 aliphatic carbocycles. The van der Waals surface area contributed by atoms with Gasteiger partial charge in [-0.2, -0.15) is 0 Å². The summed E-state index contributed by atoms with van der Waals surface area (Å²) in [6, 6.07) is 10.3. The number of thiophene rings is 1. The van der Waals surface area contributed by atoms with Crippen LogP contribution in [-0.2, 0) is 9.63 Å². The lowest BCUT2D eigenvalue weighted by Crippen LogP contribution is -3.14. The van der Waals surface area contributed by atoms with Crippen LogP contribution >= 0.6 is 11.3 Å². The summed E-state index contributed by atoms with van der Waals surface area (Å²) < 4.78 is 0. The van der Waals surface area contributed by atoms with E-state index in [1.165, 1.54) is 16.0 Å². The Hall–Kier alpha value is -1.89. The molecule has 2 atom stereocenters. The molecule has 152 valence electrons. The molecule has 2 aromatic rings. The van der Waals surface area contributed by atoms with E-state index in [9.17, 15) is 9.90 Å². The lowest BCUT2D eigenvalue weighted by atomic mass is 9.98. The van der Waals surface area contributed by atoms with Crippen LogP contribution in [0.25, 0.3) is 0 Å². The average molecular weight is 423 g/mol. The number of quaternary nitrogens is 1. The first-order valence-corrected chi connectivity index (χ1v) is 10.3. The molecule has 1 aromatic heterocycles. The monoisotopic (exact) mass is 422 g/mol. The Morgan fingerprint density at radius 1 is 1.29 bits per heavy atom. The second-order valence-electron chi connectivity index (χ2n) is 7.15. The maximum atomic E-state index is 11.2. The van der Waals surface area contributed by atoms with E-state index < -0.39 is 5.97 Å². The Morgan fingerprint density at radius 3 is 2.75 bits per heavy atom. The van der Waals surface area contributed by atoms with E-state index in [1.807, 2.05) is 12.1 Å². The molecule has 0 radical (unpaired) electrons. The van der Waals surface area contributed by atoms with Crippen LogP contribution in [0.5, 0.6) is 0 Å². The lowest BCUT2D eigenvalue weighted by Gasteiger charge is -2.27.